The molecule has 3 rings (SSSR count). The summed E-state index contributed by atoms with van der Waals surface area (Å²) >= 11 is 0. The lowest BCUT2D eigenvalue weighted by Gasteiger charge is -2.36. The molecule has 3 aromatic rings. The highest BCUT2D eigenvalue weighted by molar-refractivity contribution is 5.29. The van der Waals surface area contributed by atoms with Crippen LogP contribution in [-0.4, -0.2) is 4.57 Å². The van der Waals surface area contributed by atoms with Crippen LogP contribution >= 0.6 is 0 Å². The highest BCUT2D eigenvalue weighted by Gasteiger charge is 2.39. The number of nitrogens with zero attached hydrogens (tertiary/aromatic N) is 2. The number of aromatic nitrogens is 2. The zero-order valence-electron chi connectivity index (χ0n) is 16.5. The van der Waals surface area contributed by atoms with Crippen molar-refractivity contribution in [3.63, 3.8) is 0 Å². The average Bonchev–Trinajstić information content (AvgIpc) is 3.14. The molecular formula is C24H31N2+. The van der Waals surface area contributed by atoms with Gasteiger partial charge in [-0.05, 0) is 37.8 Å². The molecule has 0 aliphatic carbocycles. The molecule has 2 aromatic carbocycles. The van der Waals surface area contributed by atoms with Crippen LogP contribution in [0.5, 0.6) is 0 Å². The van der Waals surface area contributed by atoms with Gasteiger partial charge in [0.1, 0.15) is 18.4 Å². The molecule has 0 spiro atoms. The van der Waals surface area contributed by atoms with Gasteiger partial charge in [0.15, 0.2) is 0 Å². The molecule has 2 nitrogen and oxygen atoms in total. The summed E-state index contributed by atoms with van der Waals surface area (Å²) in [6.07, 6.45) is 8.81. The van der Waals surface area contributed by atoms with E-state index in [9.17, 15) is 0 Å². The number of rotatable bonds is 7. The third-order valence-electron chi connectivity index (χ3n) is 5.60. The Bertz CT molecular complexity index is 804. The van der Waals surface area contributed by atoms with Gasteiger partial charge in [0, 0.05) is 5.41 Å². The van der Waals surface area contributed by atoms with Gasteiger partial charge in [-0.1, -0.05) is 74.5 Å². The molecule has 1 heterocycles. The van der Waals surface area contributed by atoms with Crippen molar-refractivity contribution in [2.45, 2.75) is 58.0 Å². The van der Waals surface area contributed by atoms with Crippen LogP contribution in [0.1, 0.15) is 57.3 Å². The van der Waals surface area contributed by atoms with Crippen molar-refractivity contribution >= 4 is 0 Å². The minimum Gasteiger partial charge on any atom is -0.235 e. The Morgan fingerprint density at radius 2 is 1.58 bits per heavy atom. The Kier molecular flexibility index (Phi) is 5.61. The zero-order valence-corrected chi connectivity index (χ0v) is 16.5. The molecule has 2 heteroatoms. The first-order valence-electron chi connectivity index (χ1n) is 9.72. The second kappa shape index (κ2) is 7.90. The summed E-state index contributed by atoms with van der Waals surface area (Å²) in [4.78, 5) is 0. The van der Waals surface area contributed by atoms with Crippen LogP contribution in [0.25, 0.3) is 0 Å². The maximum atomic E-state index is 2.42. The Morgan fingerprint density at radius 1 is 0.962 bits per heavy atom. The molecule has 1 aromatic heterocycles. The van der Waals surface area contributed by atoms with Crippen LogP contribution < -0.4 is 4.57 Å². The van der Waals surface area contributed by atoms with E-state index in [1.165, 1.54) is 11.1 Å². The Hall–Kier alpha value is -2.35. The highest BCUT2D eigenvalue weighted by Crippen LogP contribution is 2.38. The van der Waals surface area contributed by atoms with Crippen LogP contribution in [0.3, 0.4) is 0 Å². The van der Waals surface area contributed by atoms with Gasteiger partial charge >= 0.3 is 0 Å². The topological polar surface area (TPSA) is 8.81 Å². The van der Waals surface area contributed by atoms with E-state index in [1.54, 1.807) is 0 Å². The van der Waals surface area contributed by atoms with E-state index in [4.69, 9.17) is 0 Å². The predicted octanol–water partition coefficient (Wildman–Crippen LogP) is 5.51. The second-order valence-corrected chi connectivity index (χ2v) is 7.77. The monoisotopic (exact) mass is 347 g/mol. The van der Waals surface area contributed by atoms with Crippen LogP contribution in [-0.2, 0) is 11.8 Å². The number of hydrogen-bond donors (Lipinski definition) is 0. The molecule has 0 saturated carbocycles. The summed E-state index contributed by atoms with van der Waals surface area (Å²) < 4.78 is 4.70. The van der Waals surface area contributed by atoms with Crippen molar-refractivity contribution in [2.24, 2.45) is 0 Å². The number of imidazole rings is 1. The SMILES string of the molecule is CCC([n+]1ccn(C(C)C)c1)C(C)(Cc1ccccc1)c1ccccc1. The van der Waals surface area contributed by atoms with Crippen molar-refractivity contribution in [1.29, 1.82) is 0 Å². The molecule has 0 aliphatic rings. The molecule has 136 valence electrons. The molecule has 0 fully saturated rings. The normalized spacial score (nSPS) is 15.0. The summed E-state index contributed by atoms with van der Waals surface area (Å²) in [6, 6.07) is 22.7. The van der Waals surface area contributed by atoms with Crippen LogP contribution in [0.2, 0.25) is 0 Å². The Balaban J connectivity index is 2.05. The summed E-state index contributed by atoms with van der Waals surface area (Å²) in [5.41, 5.74) is 2.81. The van der Waals surface area contributed by atoms with Crippen LogP contribution in [0.4, 0.5) is 0 Å². The minimum atomic E-state index is 0.0190. The average molecular weight is 348 g/mol. The van der Waals surface area contributed by atoms with Gasteiger partial charge in [-0.25, -0.2) is 9.13 Å². The first kappa shape index (κ1) is 18.4. The molecule has 0 N–H and O–H groups in total. The third-order valence-corrected chi connectivity index (χ3v) is 5.60. The van der Waals surface area contributed by atoms with E-state index in [2.05, 4.69) is 116 Å². The standard InChI is InChI=1S/C24H31N2/c1-5-23(26-17-16-25(19-26)20(2)3)24(4,22-14-10-7-11-15-22)18-21-12-8-6-9-13-21/h6-17,19-20,23H,5,18H2,1-4H3/q+1. The maximum absolute atomic E-state index is 2.42. The van der Waals surface area contributed by atoms with Gasteiger partial charge in [0.2, 0.25) is 6.33 Å². The van der Waals surface area contributed by atoms with E-state index in [1.807, 2.05) is 0 Å². The minimum absolute atomic E-state index is 0.0190. The fraction of sp³-hybridized carbons (Fsp3) is 0.375. The van der Waals surface area contributed by atoms with Crippen molar-refractivity contribution in [3.05, 3.63) is 90.5 Å². The largest absolute Gasteiger partial charge is 0.244 e. The molecule has 26 heavy (non-hydrogen) atoms. The van der Waals surface area contributed by atoms with Gasteiger partial charge in [-0.2, -0.15) is 0 Å². The first-order valence-corrected chi connectivity index (χ1v) is 9.72. The molecular weight excluding hydrogens is 316 g/mol. The second-order valence-electron chi connectivity index (χ2n) is 7.77. The molecule has 0 radical (unpaired) electrons. The molecule has 0 amide bonds. The maximum Gasteiger partial charge on any atom is 0.244 e. The van der Waals surface area contributed by atoms with E-state index in [0.29, 0.717) is 12.1 Å². The predicted molar refractivity (Wildman–Crippen MR) is 108 cm³/mol. The summed E-state index contributed by atoms with van der Waals surface area (Å²) in [5, 5.41) is 0. The van der Waals surface area contributed by atoms with Crippen molar-refractivity contribution in [3.8, 4) is 0 Å². The molecule has 2 unspecified atom stereocenters. The lowest BCUT2D eigenvalue weighted by Crippen LogP contribution is -2.50. The lowest BCUT2D eigenvalue weighted by atomic mass is 9.70. The fourth-order valence-corrected chi connectivity index (χ4v) is 4.12. The Labute approximate surface area is 158 Å². The van der Waals surface area contributed by atoms with Gasteiger partial charge < -0.3 is 0 Å². The summed E-state index contributed by atoms with van der Waals surface area (Å²) in [6.45, 7) is 9.18. The summed E-state index contributed by atoms with van der Waals surface area (Å²) in [5.74, 6) is 0. The van der Waals surface area contributed by atoms with Gasteiger partial charge in [-0.3, -0.25) is 0 Å². The number of benzene rings is 2. The smallest absolute Gasteiger partial charge is 0.235 e. The van der Waals surface area contributed by atoms with Crippen molar-refractivity contribution in [1.82, 2.24) is 4.57 Å². The zero-order chi connectivity index (χ0) is 18.6. The Morgan fingerprint density at radius 3 is 2.12 bits per heavy atom. The van der Waals surface area contributed by atoms with Crippen molar-refractivity contribution < 1.29 is 4.57 Å². The quantitative estimate of drug-likeness (QED) is 0.498. The third kappa shape index (κ3) is 3.75. The molecule has 2 atom stereocenters. The van der Waals surface area contributed by atoms with Crippen molar-refractivity contribution in [2.75, 3.05) is 0 Å². The number of hydrogen-bond acceptors (Lipinski definition) is 0. The van der Waals surface area contributed by atoms with Gasteiger partial charge in [0.05, 0.1) is 6.04 Å². The molecule has 0 saturated heterocycles. The van der Waals surface area contributed by atoms with Crippen LogP contribution in [0, 0.1) is 0 Å². The molecule has 0 aliphatic heterocycles. The van der Waals surface area contributed by atoms with E-state index >= 15 is 0 Å². The molecule has 0 bridgehead atoms. The van der Waals surface area contributed by atoms with E-state index in [0.717, 1.165) is 12.8 Å². The van der Waals surface area contributed by atoms with Crippen LogP contribution in [0.15, 0.2) is 79.4 Å². The van der Waals surface area contributed by atoms with Gasteiger partial charge in [-0.15, -0.1) is 0 Å². The highest BCUT2D eigenvalue weighted by atomic mass is 15.1. The first-order chi connectivity index (χ1) is 12.5. The van der Waals surface area contributed by atoms with E-state index in [-0.39, 0.29) is 5.41 Å². The van der Waals surface area contributed by atoms with E-state index < -0.39 is 0 Å². The summed E-state index contributed by atoms with van der Waals surface area (Å²) in [7, 11) is 0. The fourth-order valence-electron chi connectivity index (χ4n) is 4.12. The van der Waals surface area contributed by atoms with Gasteiger partial charge in [0.25, 0.3) is 0 Å². The lowest BCUT2D eigenvalue weighted by molar-refractivity contribution is -0.731.